The zero-order valence-electron chi connectivity index (χ0n) is 10.1. The summed E-state index contributed by atoms with van der Waals surface area (Å²) in [6.07, 6.45) is 0.596. The maximum atomic E-state index is 10.3. The van der Waals surface area contributed by atoms with Gasteiger partial charge in [0, 0.05) is 5.97 Å². The topological polar surface area (TPSA) is 124 Å². The molecule has 0 heterocycles. The molecule has 0 saturated heterocycles. The summed E-state index contributed by atoms with van der Waals surface area (Å²) in [5.74, 6) is -2.33. The summed E-state index contributed by atoms with van der Waals surface area (Å²) in [6.45, 7) is 0.425. The van der Waals surface area contributed by atoms with Crippen LogP contribution in [0.4, 0.5) is 0 Å². The average Bonchev–Trinajstić information content (AvgIpc) is 2.27. The van der Waals surface area contributed by atoms with Crippen LogP contribution >= 0.6 is 0 Å². The smallest absolute Gasteiger partial charge is 0.550 e. The number of rotatable bonds is 4. The maximum Gasteiger partial charge on any atom is 1.00 e. The van der Waals surface area contributed by atoms with E-state index >= 15 is 0 Å². The van der Waals surface area contributed by atoms with Gasteiger partial charge in [-0.15, -0.1) is 0 Å². The van der Waals surface area contributed by atoms with Crippen LogP contribution < -0.4 is 40.4 Å². The summed E-state index contributed by atoms with van der Waals surface area (Å²) in [4.78, 5) is 19.9. The molecule has 0 aliphatic heterocycles. The van der Waals surface area contributed by atoms with Crippen LogP contribution in [0, 0.1) is 0 Å². The molecule has 0 amide bonds. The molecule has 0 aliphatic carbocycles. The van der Waals surface area contributed by atoms with E-state index in [-0.39, 0.29) is 47.3 Å². The monoisotopic (exact) mass is 263 g/mol. The number of carboxylic acid groups (broad SMARTS) is 2. The number of carbonyl (C=O) groups is 2. The van der Waals surface area contributed by atoms with Crippen molar-refractivity contribution in [2.45, 2.75) is 12.8 Å². The Labute approximate surface area is 127 Å². The summed E-state index contributed by atoms with van der Waals surface area (Å²) < 4.78 is 0. The standard InChI is InChI=1S/C7H6O3.C4H9NO2.Na/c8-6-4-2-1-3-5(6)7(9)10;5-3-1-2-4(6)7;/h1-4,8H,(H,9,10);1-3,5H2,(H,6,7);/q;;+1/p-1. The fraction of sp³-hybridized carbons (Fsp3) is 0.273. The number of para-hydroxylation sites is 1. The van der Waals surface area contributed by atoms with E-state index in [4.69, 9.17) is 15.9 Å². The number of nitrogens with two attached hydrogens (primary N) is 1. The first kappa shape index (κ1) is 19.3. The quantitative estimate of drug-likeness (QED) is 0.486. The fourth-order valence-corrected chi connectivity index (χ4v) is 0.901. The Hall–Kier alpha value is -1.08. The van der Waals surface area contributed by atoms with E-state index < -0.39 is 11.9 Å². The number of phenols is 1. The normalized spacial score (nSPS) is 8.50. The van der Waals surface area contributed by atoms with Gasteiger partial charge in [-0.2, -0.15) is 0 Å². The molecule has 0 spiro atoms. The zero-order valence-corrected chi connectivity index (χ0v) is 12.1. The van der Waals surface area contributed by atoms with E-state index in [1.165, 1.54) is 12.1 Å². The van der Waals surface area contributed by atoms with Crippen molar-refractivity contribution >= 4 is 11.9 Å². The predicted octanol–water partition coefficient (Wildman–Crippen LogP) is -3.43. The summed E-state index contributed by atoms with van der Waals surface area (Å²) in [5, 5.41) is 26.9. The first-order valence-electron chi connectivity index (χ1n) is 4.90. The van der Waals surface area contributed by atoms with Crippen molar-refractivity contribution in [1.29, 1.82) is 0 Å². The molecule has 0 fully saturated rings. The van der Waals surface area contributed by atoms with Crippen LogP contribution in [0.1, 0.15) is 23.2 Å². The van der Waals surface area contributed by atoms with Crippen molar-refractivity contribution in [2.75, 3.05) is 6.54 Å². The van der Waals surface area contributed by atoms with Gasteiger partial charge in [-0.25, -0.2) is 4.79 Å². The van der Waals surface area contributed by atoms with Crippen LogP contribution in [-0.2, 0) is 4.79 Å². The Bertz CT molecular complexity index is 383. The largest absolute Gasteiger partial charge is 1.00 e. The van der Waals surface area contributed by atoms with Gasteiger partial charge < -0.3 is 25.8 Å². The van der Waals surface area contributed by atoms with Crippen LogP contribution in [0.25, 0.3) is 0 Å². The van der Waals surface area contributed by atoms with Gasteiger partial charge in [0.15, 0.2) is 0 Å². The van der Waals surface area contributed by atoms with E-state index in [1.807, 2.05) is 0 Å². The molecule has 1 rings (SSSR count). The minimum Gasteiger partial charge on any atom is -0.550 e. The first-order valence-corrected chi connectivity index (χ1v) is 4.90. The van der Waals surface area contributed by atoms with Gasteiger partial charge in [-0.05, 0) is 31.5 Å². The molecule has 0 bridgehead atoms. The number of hydrogen-bond donors (Lipinski definition) is 3. The van der Waals surface area contributed by atoms with E-state index in [2.05, 4.69) is 0 Å². The molecule has 0 unspecified atom stereocenters. The molecule has 0 saturated carbocycles. The van der Waals surface area contributed by atoms with Gasteiger partial charge in [-0.3, -0.25) is 0 Å². The molecular formula is C11H14NNaO5. The van der Waals surface area contributed by atoms with Gasteiger partial charge in [0.25, 0.3) is 0 Å². The molecule has 7 heteroatoms. The molecule has 0 aliphatic rings. The molecular weight excluding hydrogens is 249 g/mol. The number of hydrogen-bond acceptors (Lipinski definition) is 5. The zero-order chi connectivity index (χ0) is 13.3. The van der Waals surface area contributed by atoms with Crippen molar-refractivity contribution in [3.8, 4) is 5.75 Å². The van der Waals surface area contributed by atoms with Crippen molar-refractivity contribution in [3.63, 3.8) is 0 Å². The van der Waals surface area contributed by atoms with Crippen LogP contribution in [0.2, 0.25) is 0 Å². The third kappa shape index (κ3) is 9.00. The van der Waals surface area contributed by atoms with Gasteiger partial charge in [0.05, 0.1) is 0 Å². The minimum absolute atomic E-state index is 0. The molecule has 6 nitrogen and oxygen atoms in total. The molecule has 4 N–H and O–H groups in total. The van der Waals surface area contributed by atoms with Crippen LogP contribution in [-0.4, -0.2) is 28.7 Å². The second kappa shape index (κ2) is 11.0. The Balaban J connectivity index is 0. The molecule has 94 valence electrons. The molecule has 0 radical (unpaired) electrons. The number of aliphatic carboxylic acids is 1. The SMILES string of the molecule is NCCCC(=O)[O-].O=C(O)c1ccccc1O.[Na+]. The van der Waals surface area contributed by atoms with Gasteiger partial charge in [0.2, 0.25) is 0 Å². The Morgan fingerprint density at radius 1 is 1.28 bits per heavy atom. The molecule has 0 aromatic heterocycles. The summed E-state index contributed by atoms with van der Waals surface area (Å²) in [5.41, 5.74) is 4.92. The van der Waals surface area contributed by atoms with Gasteiger partial charge in [-0.1, -0.05) is 12.1 Å². The number of benzene rings is 1. The predicted molar refractivity (Wildman–Crippen MR) is 58.4 cm³/mol. The molecule has 18 heavy (non-hydrogen) atoms. The van der Waals surface area contributed by atoms with Gasteiger partial charge in [0.1, 0.15) is 11.3 Å². The number of carbonyl (C=O) groups excluding carboxylic acids is 1. The Morgan fingerprint density at radius 2 is 1.83 bits per heavy atom. The van der Waals surface area contributed by atoms with Gasteiger partial charge >= 0.3 is 35.5 Å². The fourth-order valence-electron chi connectivity index (χ4n) is 0.901. The number of carboxylic acids is 2. The number of aromatic carboxylic acids is 1. The van der Waals surface area contributed by atoms with E-state index in [0.717, 1.165) is 0 Å². The third-order valence-electron chi connectivity index (χ3n) is 1.72. The van der Waals surface area contributed by atoms with Crippen LogP contribution in [0.15, 0.2) is 24.3 Å². The van der Waals surface area contributed by atoms with Crippen molar-refractivity contribution in [3.05, 3.63) is 29.8 Å². The molecule has 0 atom stereocenters. The molecule has 1 aromatic rings. The van der Waals surface area contributed by atoms with E-state index in [0.29, 0.717) is 13.0 Å². The molecule has 1 aromatic carbocycles. The minimum atomic E-state index is -1.11. The Morgan fingerprint density at radius 3 is 2.11 bits per heavy atom. The van der Waals surface area contributed by atoms with Crippen LogP contribution in [0.3, 0.4) is 0 Å². The Kier molecular flexibility index (Phi) is 11.8. The summed E-state index contributed by atoms with van der Waals surface area (Å²) in [6, 6.07) is 5.81. The third-order valence-corrected chi connectivity index (χ3v) is 1.72. The second-order valence-corrected chi connectivity index (χ2v) is 3.09. The van der Waals surface area contributed by atoms with E-state index in [1.54, 1.807) is 12.1 Å². The maximum absolute atomic E-state index is 10.3. The average molecular weight is 263 g/mol. The van der Waals surface area contributed by atoms with E-state index in [9.17, 15) is 14.7 Å². The van der Waals surface area contributed by atoms with Crippen molar-refractivity contribution in [2.24, 2.45) is 5.73 Å². The summed E-state index contributed by atoms with van der Waals surface area (Å²) >= 11 is 0. The second-order valence-electron chi connectivity index (χ2n) is 3.09. The van der Waals surface area contributed by atoms with Crippen LogP contribution in [0.5, 0.6) is 5.75 Å². The van der Waals surface area contributed by atoms with Crippen molar-refractivity contribution < 1.29 is 54.5 Å². The van der Waals surface area contributed by atoms with Crippen molar-refractivity contribution in [1.82, 2.24) is 0 Å². The summed E-state index contributed by atoms with van der Waals surface area (Å²) in [7, 11) is 0. The first-order chi connectivity index (χ1) is 7.99. The number of aromatic hydroxyl groups is 1.